The maximum Gasteiger partial charge on any atom is 0.407 e. The fraction of sp³-hybridized carbons (Fsp3) is 0.480. The van der Waals surface area contributed by atoms with Gasteiger partial charge in [0.25, 0.3) is 0 Å². The van der Waals surface area contributed by atoms with Gasteiger partial charge in [-0.3, -0.25) is 10.2 Å². The highest BCUT2D eigenvalue weighted by Gasteiger charge is 2.41. The minimum absolute atomic E-state index is 0.124. The van der Waals surface area contributed by atoms with E-state index >= 15 is 0 Å². The number of nitrogens with zero attached hydrogens (tertiary/aromatic N) is 3. The van der Waals surface area contributed by atoms with Crippen LogP contribution >= 0.6 is 11.6 Å². The van der Waals surface area contributed by atoms with Crippen molar-refractivity contribution >= 4 is 50.2 Å². The first kappa shape index (κ1) is 27.2. The third-order valence-electron chi connectivity index (χ3n) is 7.03. The first-order valence-corrected chi connectivity index (χ1v) is 14.1. The van der Waals surface area contributed by atoms with Crippen LogP contribution in [0.5, 0.6) is 0 Å². The highest BCUT2D eigenvalue weighted by molar-refractivity contribution is 7.89. The smallest absolute Gasteiger partial charge is 0.407 e. The number of ether oxygens (including phenoxy) is 1. The molecule has 2 heterocycles. The van der Waals surface area contributed by atoms with Crippen molar-refractivity contribution < 1.29 is 22.7 Å². The van der Waals surface area contributed by atoms with Gasteiger partial charge in [0.05, 0.1) is 29.4 Å². The first-order valence-electron chi connectivity index (χ1n) is 12.3. The number of benzene rings is 2. The molecule has 2 fully saturated rings. The normalized spacial score (nSPS) is 18.6. The molecule has 2 N–H and O–H groups in total. The zero-order chi connectivity index (χ0) is 26.8. The van der Waals surface area contributed by atoms with Gasteiger partial charge in [0.15, 0.2) is 0 Å². The van der Waals surface area contributed by atoms with Crippen molar-refractivity contribution in [2.45, 2.75) is 37.1 Å². The molecule has 2 aromatic rings. The molecular weight excluding hydrogens is 518 g/mol. The average Bonchev–Trinajstić information content (AvgIpc) is 2.85. The van der Waals surface area contributed by atoms with Crippen molar-refractivity contribution in [2.24, 2.45) is 0 Å². The zero-order valence-corrected chi connectivity index (χ0v) is 22.6. The molecule has 0 bridgehead atoms. The lowest BCUT2D eigenvalue weighted by Gasteiger charge is -2.46. The second-order valence-electron chi connectivity index (χ2n) is 9.51. The molecule has 0 aromatic heterocycles. The Morgan fingerprint density at radius 2 is 1.78 bits per heavy atom. The number of likely N-dealkylation sites (tertiary alicyclic amines) is 1. The fourth-order valence-electron chi connectivity index (χ4n) is 4.91. The molecule has 2 saturated heterocycles. The number of rotatable bonds is 6. The molecule has 0 aliphatic carbocycles. The zero-order valence-electron chi connectivity index (χ0n) is 21.0. The summed E-state index contributed by atoms with van der Waals surface area (Å²) in [6.07, 6.45) is 0.526. The van der Waals surface area contributed by atoms with Gasteiger partial charge in [-0.25, -0.2) is 13.2 Å². The van der Waals surface area contributed by atoms with Crippen molar-refractivity contribution in [3.63, 3.8) is 0 Å². The van der Waals surface area contributed by atoms with Crippen LogP contribution in [-0.4, -0.2) is 91.8 Å². The van der Waals surface area contributed by atoms with E-state index in [4.69, 9.17) is 21.7 Å². The summed E-state index contributed by atoms with van der Waals surface area (Å²) in [7, 11) is -3.88. The maximum atomic E-state index is 13.4. The van der Waals surface area contributed by atoms with Gasteiger partial charge < -0.3 is 19.9 Å². The lowest BCUT2D eigenvalue weighted by atomic mass is 9.86. The highest BCUT2D eigenvalue weighted by Crippen LogP contribution is 2.28. The summed E-state index contributed by atoms with van der Waals surface area (Å²) in [5.41, 5.74) is -0.714. The van der Waals surface area contributed by atoms with Crippen LogP contribution in [0.3, 0.4) is 0 Å². The van der Waals surface area contributed by atoms with Gasteiger partial charge in [0.2, 0.25) is 15.9 Å². The van der Waals surface area contributed by atoms with Crippen LogP contribution < -0.4 is 5.32 Å². The number of carbonyl (C=O) groups excluding carboxylic acids is 2. The molecule has 0 saturated carbocycles. The number of halogens is 1. The van der Waals surface area contributed by atoms with E-state index in [0.717, 1.165) is 10.8 Å². The average molecular weight is 550 g/mol. The second-order valence-corrected chi connectivity index (χ2v) is 11.9. The van der Waals surface area contributed by atoms with Crippen LogP contribution in [0, 0.1) is 5.41 Å². The minimum Gasteiger partial charge on any atom is -0.450 e. The molecule has 2 amide bonds. The van der Waals surface area contributed by atoms with Gasteiger partial charge in [-0.1, -0.05) is 23.7 Å². The fourth-order valence-corrected chi connectivity index (χ4v) is 6.50. The van der Waals surface area contributed by atoms with Gasteiger partial charge in [-0.15, -0.1) is 0 Å². The largest absolute Gasteiger partial charge is 0.450 e. The Morgan fingerprint density at radius 3 is 2.43 bits per heavy atom. The molecule has 10 nitrogen and oxygen atoms in total. The number of piperidine rings is 1. The number of nitrogens with one attached hydrogen (secondary N) is 2. The Bertz CT molecular complexity index is 1310. The molecule has 0 radical (unpaired) electrons. The second kappa shape index (κ2) is 10.8. The summed E-state index contributed by atoms with van der Waals surface area (Å²) in [4.78, 5) is 29.1. The Balaban J connectivity index is 1.47. The van der Waals surface area contributed by atoms with Gasteiger partial charge in [-0.05, 0) is 61.7 Å². The van der Waals surface area contributed by atoms with Crippen LogP contribution in [0.2, 0.25) is 5.02 Å². The Labute approximate surface area is 222 Å². The number of hydrogen-bond donors (Lipinski definition) is 2. The topological polar surface area (TPSA) is 123 Å². The van der Waals surface area contributed by atoms with Gasteiger partial charge >= 0.3 is 6.09 Å². The number of carbonyl (C=O) groups is 2. The van der Waals surface area contributed by atoms with Crippen LogP contribution in [-0.2, 0) is 19.6 Å². The van der Waals surface area contributed by atoms with E-state index in [1.807, 2.05) is 4.90 Å². The van der Waals surface area contributed by atoms with Crippen LogP contribution in [0.1, 0.15) is 26.7 Å². The predicted molar refractivity (Wildman–Crippen MR) is 141 cm³/mol. The molecule has 4 rings (SSSR count). The third-order valence-corrected chi connectivity index (χ3v) is 9.10. The number of amides is 2. The Kier molecular flexibility index (Phi) is 7.96. The molecule has 0 spiro atoms. The van der Waals surface area contributed by atoms with Gasteiger partial charge in [-0.2, -0.15) is 4.31 Å². The summed E-state index contributed by atoms with van der Waals surface area (Å²) >= 11 is 6.03. The molecule has 0 unspecified atom stereocenters. The minimum atomic E-state index is -3.88. The molecule has 2 aliphatic rings. The van der Waals surface area contributed by atoms with Gasteiger partial charge in [0, 0.05) is 37.7 Å². The Hall–Kier alpha value is -2.89. The van der Waals surface area contributed by atoms with E-state index < -0.39 is 21.7 Å². The SMILES string of the molecule is CCOC(=O)NC1(CN2CCN(S(=O)(=O)c3ccc4cc(Cl)ccc4c3)CC2=O)CCN(C(C)=N)CC1. The quantitative estimate of drug-likeness (QED) is 0.422. The summed E-state index contributed by atoms with van der Waals surface area (Å²) in [5, 5.41) is 13.0. The highest BCUT2D eigenvalue weighted by atomic mass is 35.5. The van der Waals surface area contributed by atoms with Crippen molar-refractivity contribution in [3.05, 3.63) is 41.4 Å². The van der Waals surface area contributed by atoms with Crippen LogP contribution in [0.15, 0.2) is 41.3 Å². The molecule has 200 valence electrons. The number of amidine groups is 1. The van der Waals surface area contributed by atoms with Gasteiger partial charge in [0.1, 0.15) is 0 Å². The summed E-state index contributed by atoms with van der Waals surface area (Å²) in [5.74, 6) is 0.134. The summed E-state index contributed by atoms with van der Waals surface area (Å²) in [6.45, 7) is 5.14. The van der Waals surface area contributed by atoms with E-state index in [0.29, 0.717) is 36.8 Å². The first-order chi connectivity index (χ1) is 17.5. The number of piperazine rings is 1. The molecule has 2 aliphatic heterocycles. The molecular formula is C25H32ClN5O5S. The lowest BCUT2D eigenvalue weighted by Crippen LogP contribution is -2.64. The molecule has 2 aromatic carbocycles. The van der Waals surface area contributed by atoms with E-state index in [2.05, 4.69) is 5.32 Å². The van der Waals surface area contributed by atoms with Crippen molar-refractivity contribution in [3.8, 4) is 0 Å². The predicted octanol–water partition coefficient (Wildman–Crippen LogP) is 2.90. The monoisotopic (exact) mass is 549 g/mol. The lowest BCUT2D eigenvalue weighted by molar-refractivity contribution is -0.135. The molecule has 37 heavy (non-hydrogen) atoms. The van der Waals surface area contributed by atoms with E-state index in [1.165, 1.54) is 10.4 Å². The maximum absolute atomic E-state index is 13.4. The number of fused-ring (bicyclic) bond motifs is 1. The van der Waals surface area contributed by atoms with Crippen molar-refractivity contribution in [2.75, 3.05) is 45.9 Å². The van der Waals surface area contributed by atoms with Crippen molar-refractivity contribution in [1.29, 1.82) is 5.41 Å². The molecule has 0 atom stereocenters. The van der Waals surface area contributed by atoms with Crippen LogP contribution in [0.25, 0.3) is 10.8 Å². The number of sulfonamides is 1. The van der Waals surface area contributed by atoms with E-state index in [1.54, 1.807) is 49.1 Å². The van der Waals surface area contributed by atoms with E-state index in [9.17, 15) is 18.0 Å². The Morgan fingerprint density at radius 1 is 1.11 bits per heavy atom. The van der Waals surface area contributed by atoms with E-state index in [-0.39, 0.29) is 43.6 Å². The van der Waals surface area contributed by atoms with Crippen LogP contribution in [0.4, 0.5) is 4.79 Å². The standard InChI is InChI=1S/C25H32ClN5O5S/c1-3-36-24(33)28-25(8-10-29(11-9-25)18(2)27)17-30-12-13-31(16-23(30)32)37(34,35)22-7-5-19-14-21(26)6-4-20(19)15-22/h4-7,14-15,27H,3,8-13,16-17H2,1-2H3,(H,28,33). The summed E-state index contributed by atoms with van der Waals surface area (Å²) < 4.78 is 33.0. The number of hydrogen-bond acceptors (Lipinski definition) is 6. The summed E-state index contributed by atoms with van der Waals surface area (Å²) in [6, 6.07) is 10.1. The third kappa shape index (κ3) is 6.00. The number of alkyl carbamates (subject to hydrolysis) is 1. The van der Waals surface area contributed by atoms with Crippen molar-refractivity contribution in [1.82, 2.24) is 19.4 Å². The molecule has 12 heteroatoms.